The average Bonchev–Trinajstić information content (AvgIpc) is 2.79. The molecular weight excluding hydrogens is 246 g/mol. The van der Waals surface area contributed by atoms with Gasteiger partial charge in [0.2, 0.25) is 0 Å². The fourth-order valence-electron chi connectivity index (χ4n) is 2.04. The molecule has 0 aliphatic carbocycles. The number of aliphatic hydroxyl groups excluding tert-OH is 1. The summed E-state index contributed by atoms with van der Waals surface area (Å²) in [7, 11) is 0. The molecule has 1 aliphatic rings. The lowest BCUT2D eigenvalue weighted by Crippen LogP contribution is -2.32. The summed E-state index contributed by atoms with van der Waals surface area (Å²) in [4.78, 5) is 0. The SMILES string of the molecule is CCOc1ccc(OCC)c(NC2COCC2O)c1. The van der Waals surface area contributed by atoms with Crippen LogP contribution in [0.25, 0.3) is 0 Å². The van der Waals surface area contributed by atoms with E-state index >= 15 is 0 Å². The summed E-state index contributed by atoms with van der Waals surface area (Å²) in [6.07, 6.45) is -0.495. The van der Waals surface area contributed by atoms with Gasteiger partial charge in [-0.25, -0.2) is 0 Å². The van der Waals surface area contributed by atoms with E-state index in [0.29, 0.717) is 26.4 Å². The van der Waals surface area contributed by atoms with Crippen LogP contribution in [0, 0.1) is 0 Å². The van der Waals surface area contributed by atoms with E-state index in [1.165, 1.54) is 0 Å². The number of hydrogen-bond donors (Lipinski definition) is 2. The predicted molar refractivity (Wildman–Crippen MR) is 73.0 cm³/mol. The monoisotopic (exact) mass is 267 g/mol. The van der Waals surface area contributed by atoms with E-state index < -0.39 is 6.10 Å². The van der Waals surface area contributed by atoms with Gasteiger partial charge in [0.15, 0.2) is 0 Å². The lowest BCUT2D eigenvalue weighted by atomic mass is 10.2. The van der Waals surface area contributed by atoms with Crippen LogP contribution in [-0.2, 0) is 4.74 Å². The van der Waals surface area contributed by atoms with Crippen molar-refractivity contribution >= 4 is 5.69 Å². The molecule has 2 unspecified atom stereocenters. The zero-order chi connectivity index (χ0) is 13.7. The highest BCUT2D eigenvalue weighted by Crippen LogP contribution is 2.30. The molecule has 1 aromatic rings. The first-order valence-corrected chi connectivity index (χ1v) is 6.66. The summed E-state index contributed by atoms with van der Waals surface area (Å²) in [5.74, 6) is 1.53. The zero-order valence-corrected chi connectivity index (χ0v) is 11.4. The van der Waals surface area contributed by atoms with Gasteiger partial charge in [0.1, 0.15) is 11.5 Å². The molecule has 0 spiro atoms. The van der Waals surface area contributed by atoms with E-state index in [2.05, 4.69) is 5.32 Å². The van der Waals surface area contributed by atoms with E-state index in [1.54, 1.807) is 0 Å². The molecular formula is C14H21NO4. The molecule has 1 saturated heterocycles. The lowest BCUT2D eigenvalue weighted by molar-refractivity contribution is 0.125. The Hall–Kier alpha value is -1.46. The topological polar surface area (TPSA) is 60.0 Å². The van der Waals surface area contributed by atoms with Gasteiger partial charge in [-0.15, -0.1) is 0 Å². The largest absolute Gasteiger partial charge is 0.494 e. The minimum atomic E-state index is -0.495. The Balaban J connectivity index is 2.16. The fourth-order valence-corrected chi connectivity index (χ4v) is 2.04. The maximum Gasteiger partial charge on any atom is 0.142 e. The zero-order valence-electron chi connectivity index (χ0n) is 11.4. The fraction of sp³-hybridized carbons (Fsp3) is 0.571. The molecule has 1 aromatic carbocycles. The van der Waals surface area contributed by atoms with Crippen LogP contribution in [-0.4, -0.2) is 43.7 Å². The Kier molecular flexibility index (Phi) is 4.87. The van der Waals surface area contributed by atoms with Gasteiger partial charge in [-0.2, -0.15) is 0 Å². The molecule has 19 heavy (non-hydrogen) atoms. The molecule has 2 rings (SSSR count). The molecule has 0 saturated carbocycles. The Bertz CT molecular complexity index is 410. The molecule has 1 heterocycles. The maximum atomic E-state index is 9.78. The number of nitrogens with one attached hydrogen (secondary N) is 1. The van der Waals surface area contributed by atoms with Gasteiger partial charge in [-0.1, -0.05) is 0 Å². The van der Waals surface area contributed by atoms with E-state index in [0.717, 1.165) is 17.2 Å². The van der Waals surface area contributed by atoms with Crippen molar-refractivity contribution in [1.29, 1.82) is 0 Å². The number of aliphatic hydroxyl groups is 1. The van der Waals surface area contributed by atoms with Crippen molar-refractivity contribution < 1.29 is 19.3 Å². The predicted octanol–water partition coefficient (Wildman–Crippen LogP) is 1.66. The molecule has 0 bridgehead atoms. The van der Waals surface area contributed by atoms with Gasteiger partial charge >= 0.3 is 0 Å². The molecule has 5 heteroatoms. The Morgan fingerprint density at radius 3 is 2.68 bits per heavy atom. The summed E-state index contributed by atoms with van der Waals surface area (Å²) in [6, 6.07) is 5.52. The van der Waals surface area contributed by atoms with Crippen molar-refractivity contribution in [2.45, 2.75) is 26.0 Å². The van der Waals surface area contributed by atoms with Crippen LogP contribution in [0.15, 0.2) is 18.2 Å². The minimum absolute atomic E-state index is 0.115. The van der Waals surface area contributed by atoms with Gasteiger partial charge in [0.05, 0.1) is 44.3 Å². The van der Waals surface area contributed by atoms with Crippen molar-refractivity contribution in [3.63, 3.8) is 0 Å². The molecule has 5 nitrogen and oxygen atoms in total. The third kappa shape index (κ3) is 3.52. The summed E-state index contributed by atoms with van der Waals surface area (Å²) in [5.41, 5.74) is 0.822. The lowest BCUT2D eigenvalue weighted by Gasteiger charge is -2.19. The molecule has 1 fully saturated rings. The third-order valence-corrected chi connectivity index (χ3v) is 2.95. The minimum Gasteiger partial charge on any atom is -0.494 e. The van der Waals surface area contributed by atoms with Gasteiger partial charge in [-0.3, -0.25) is 0 Å². The highest BCUT2D eigenvalue weighted by atomic mass is 16.5. The second kappa shape index (κ2) is 6.63. The van der Waals surface area contributed by atoms with Crippen LogP contribution >= 0.6 is 0 Å². The molecule has 0 radical (unpaired) electrons. The van der Waals surface area contributed by atoms with Crippen LogP contribution in [0.1, 0.15) is 13.8 Å². The molecule has 0 amide bonds. The van der Waals surface area contributed by atoms with Gasteiger partial charge in [-0.05, 0) is 26.0 Å². The van der Waals surface area contributed by atoms with Gasteiger partial charge in [0, 0.05) is 6.07 Å². The maximum absolute atomic E-state index is 9.78. The van der Waals surface area contributed by atoms with Crippen molar-refractivity contribution in [3.8, 4) is 11.5 Å². The quantitative estimate of drug-likeness (QED) is 0.821. The van der Waals surface area contributed by atoms with Crippen molar-refractivity contribution in [2.24, 2.45) is 0 Å². The number of hydrogen-bond acceptors (Lipinski definition) is 5. The number of ether oxygens (including phenoxy) is 3. The van der Waals surface area contributed by atoms with E-state index in [1.807, 2.05) is 32.0 Å². The highest BCUT2D eigenvalue weighted by molar-refractivity contribution is 5.60. The number of benzene rings is 1. The van der Waals surface area contributed by atoms with Crippen molar-refractivity contribution in [2.75, 3.05) is 31.7 Å². The van der Waals surface area contributed by atoms with E-state index in [-0.39, 0.29) is 6.04 Å². The molecule has 2 atom stereocenters. The van der Waals surface area contributed by atoms with Crippen LogP contribution in [0.3, 0.4) is 0 Å². The molecule has 0 aromatic heterocycles. The molecule has 2 N–H and O–H groups in total. The summed E-state index contributed by atoms with van der Waals surface area (Å²) < 4.78 is 16.3. The van der Waals surface area contributed by atoms with E-state index in [4.69, 9.17) is 14.2 Å². The van der Waals surface area contributed by atoms with Crippen LogP contribution in [0.5, 0.6) is 11.5 Å². The first-order valence-electron chi connectivity index (χ1n) is 6.66. The first-order chi connectivity index (χ1) is 9.24. The number of rotatable bonds is 6. The Morgan fingerprint density at radius 2 is 2.05 bits per heavy atom. The molecule has 1 aliphatic heterocycles. The van der Waals surface area contributed by atoms with Crippen LogP contribution in [0.4, 0.5) is 5.69 Å². The van der Waals surface area contributed by atoms with E-state index in [9.17, 15) is 5.11 Å². The van der Waals surface area contributed by atoms with Crippen molar-refractivity contribution in [1.82, 2.24) is 0 Å². The Morgan fingerprint density at radius 1 is 1.26 bits per heavy atom. The smallest absolute Gasteiger partial charge is 0.142 e. The standard InChI is InChI=1S/C14H21NO4/c1-3-18-10-5-6-14(19-4-2)11(7-10)15-12-8-17-9-13(12)16/h5-7,12-13,15-16H,3-4,8-9H2,1-2H3. The van der Waals surface area contributed by atoms with Crippen LogP contribution in [0.2, 0.25) is 0 Å². The summed E-state index contributed by atoms with van der Waals surface area (Å²) in [5, 5.41) is 13.0. The van der Waals surface area contributed by atoms with Gasteiger partial charge in [0.25, 0.3) is 0 Å². The third-order valence-electron chi connectivity index (χ3n) is 2.95. The highest BCUT2D eigenvalue weighted by Gasteiger charge is 2.26. The number of anilines is 1. The average molecular weight is 267 g/mol. The normalized spacial score (nSPS) is 22.3. The first kappa shape index (κ1) is 14.0. The summed E-state index contributed by atoms with van der Waals surface area (Å²) in [6.45, 7) is 5.94. The Labute approximate surface area is 113 Å². The second-order valence-corrected chi connectivity index (χ2v) is 4.38. The second-order valence-electron chi connectivity index (χ2n) is 4.38. The molecule has 106 valence electrons. The van der Waals surface area contributed by atoms with Crippen LogP contribution < -0.4 is 14.8 Å². The van der Waals surface area contributed by atoms with Crippen molar-refractivity contribution in [3.05, 3.63) is 18.2 Å². The van der Waals surface area contributed by atoms with Gasteiger partial charge < -0.3 is 24.6 Å². The summed E-state index contributed by atoms with van der Waals surface area (Å²) >= 11 is 0.